The van der Waals surface area contributed by atoms with E-state index in [4.69, 9.17) is 26.4 Å². The second-order valence-electron chi connectivity index (χ2n) is 6.86. The van der Waals surface area contributed by atoms with Gasteiger partial charge in [0.25, 0.3) is 5.91 Å². The molecule has 1 amide bonds. The molecule has 2 aliphatic heterocycles. The van der Waals surface area contributed by atoms with E-state index in [1.54, 1.807) is 12.0 Å². The summed E-state index contributed by atoms with van der Waals surface area (Å²) >= 11 is 6.78. The number of thioether (sulfide) groups is 1. The van der Waals surface area contributed by atoms with Crippen molar-refractivity contribution < 1.29 is 19.0 Å². The normalized spacial score (nSPS) is 19.7. The molecular weight excluding hydrogens is 396 g/mol. The van der Waals surface area contributed by atoms with Crippen molar-refractivity contribution in [3.05, 3.63) is 28.7 Å². The molecule has 2 fully saturated rings. The van der Waals surface area contributed by atoms with E-state index in [9.17, 15) is 4.79 Å². The first-order chi connectivity index (χ1) is 13.5. The van der Waals surface area contributed by atoms with Gasteiger partial charge in [0.1, 0.15) is 4.32 Å². The van der Waals surface area contributed by atoms with Gasteiger partial charge in [-0.1, -0.05) is 30.0 Å². The molecule has 0 atom stereocenters. The summed E-state index contributed by atoms with van der Waals surface area (Å²) in [5, 5.41) is 0. The molecule has 1 aromatic rings. The van der Waals surface area contributed by atoms with Gasteiger partial charge >= 0.3 is 0 Å². The summed E-state index contributed by atoms with van der Waals surface area (Å²) in [4.78, 5) is 17.4. The molecule has 0 unspecified atom stereocenters. The van der Waals surface area contributed by atoms with Crippen LogP contribution in [-0.4, -0.2) is 72.6 Å². The molecule has 1 aromatic carbocycles. The fourth-order valence-electron chi connectivity index (χ4n) is 3.04. The zero-order valence-corrected chi connectivity index (χ0v) is 18.1. The highest BCUT2D eigenvalue weighted by Gasteiger charge is 2.32. The first-order valence-corrected chi connectivity index (χ1v) is 10.6. The predicted molar refractivity (Wildman–Crippen MR) is 116 cm³/mol. The molecule has 6 nitrogen and oxygen atoms in total. The van der Waals surface area contributed by atoms with Crippen molar-refractivity contribution in [3.63, 3.8) is 0 Å². The Bertz CT molecular complexity index is 761. The Hall–Kier alpha value is -1.61. The summed E-state index contributed by atoms with van der Waals surface area (Å²) < 4.78 is 17.1. The molecule has 0 aromatic heterocycles. The van der Waals surface area contributed by atoms with Gasteiger partial charge in [0.05, 0.1) is 31.3 Å². The Labute approximate surface area is 175 Å². The molecule has 0 spiro atoms. The lowest BCUT2D eigenvalue weighted by Gasteiger charge is -2.28. The maximum atomic E-state index is 12.8. The van der Waals surface area contributed by atoms with Crippen LogP contribution in [0.15, 0.2) is 23.1 Å². The molecule has 2 aliphatic rings. The van der Waals surface area contributed by atoms with E-state index in [0.717, 1.165) is 38.4 Å². The molecule has 0 aliphatic carbocycles. The number of hydrogen-bond donors (Lipinski definition) is 0. The van der Waals surface area contributed by atoms with Gasteiger partial charge in [-0.05, 0) is 37.6 Å². The van der Waals surface area contributed by atoms with E-state index in [1.807, 2.05) is 38.1 Å². The second-order valence-corrected chi connectivity index (χ2v) is 8.54. The van der Waals surface area contributed by atoms with E-state index in [2.05, 4.69) is 4.90 Å². The maximum Gasteiger partial charge on any atom is 0.266 e. The second kappa shape index (κ2) is 9.73. The topological polar surface area (TPSA) is 51.2 Å². The number of thiocarbonyl (C=S) groups is 1. The zero-order chi connectivity index (χ0) is 20.1. The fraction of sp³-hybridized carbons (Fsp3) is 0.500. The van der Waals surface area contributed by atoms with Crippen LogP contribution < -0.4 is 9.47 Å². The highest BCUT2D eigenvalue weighted by atomic mass is 32.2. The van der Waals surface area contributed by atoms with Crippen molar-refractivity contribution in [2.24, 2.45) is 0 Å². The molecule has 8 heteroatoms. The molecule has 0 bridgehead atoms. The van der Waals surface area contributed by atoms with Crippen molar-refractivity contribution in [1.82, 2.24) is 9.80 Å². The maximum absolute atomic E-state index is 12.8. The number of methoxy groups -OCH3 is 1. The van der Waals surface area contributed by atoms with Gasteiger partial charge in [0.15, 0.2) is 11.5 Å². The van der Waals surface area contributed by atoms with Gasteiger partial charge in [-0.15, -0.1) is 0 Å². The van der Waals surface area contributed by atoms with E-state index >= 15 is 0 Å². The predicted octanol–water partition coefficient (Wildman–Crippen LogP) is 3.02. The molecule has 0 N–H and O–H groups in total. The molecule has 0 saturated carbocycles. The first kappa shape index (κ1) is 21.1. The SMILES string of the molecule is COc1cc(/C=C2\SC(=S)N(CCN3CCOCC3)C2=O)ccc1OC(C)C. The molecule has 28 heavy (non-hydrogen) atoms. The third-order valence-electron chi connectivity index (χ3n) is 4.47. The number of carbonyl (C=O) groups excluding carboxylic acids is 1. The number of morpholine rings is 1. The summed E-state index contributed by atoms with van der Waals surface area (Å²) in [5.74, 6) is 1.29. The van der Waals surface area contributed by atoms with E-state index in [0.29, 0.717) is 27.3 Å². The average molecular weight is 423 g/mol. The lowest BCUT2D eigenvalue weighted by atomic mass is 10.2. The van der Waals surface area contributed by atoms with Crippen LogP contribution in [0.2, 0.25) is 0 Å². The van der Waals surface area contributed by atoms with Crippen LogP contribution in [0.3, 0.4) is 0 Å². The number of ether oxygens (including phenoxy) is 3. The standard InChI is InChI=1S/C20H26N2O4S2/c1-14(2)26-16-5-4-15(12-17(16)24-3)13-18-19(23)22(20(27)28-18)7-6-21-8-10-25-11-9-21/h4-5,12-14H,6-11H2,1-3H3/b18-13-. The summed E-state index contributed by atoms with van der Waals surface area (Å²) in [6.45, 7) is 8.63. The molecular formula is C20H26N2O4S2. The number of hydrogen-bond acceptors (Lipinski definition) is 7. The van der Waals surface area contributed by atoms with Gasteiger partial charge in [-0.25, -0.2) is 0 Å². The zero-order valence-electron chi connectivity index (χ0n) is 16.5. The molecule has 2 saturated heterocycles. The summed E-state index contributed by atoms with van der Waals surface area (Å²) in [6, 6.07) is 5.66. The minimum Gasteiger partial charge on any atom is -0.493 e. The van der Waals surface area contributed by atoms with Crippen LogP contribution in [0.5, 0.6) is 11.5 Å². The van der Waals surface area contributed by atoms with Gasteiger partial charge < -0.3 is 14.2 Å². The van der Waals surface area contributed by atoms with Crippen molar-refractivity contribution in [2.75, 3.05) is 46.5 Å². The Kier molecular flexibility index (Phi) is 7.34. The summed E-state index contributed by atoms with van der Waals surface area (Å²) in [6.07, 6.45) is 1.91. The Morgan fingerprint density at radius 2 is 2.00 bits per heavy atom. The van der Waals surface area contributed by atoms with Crippen LogP contribution in [0.25, 0.3) is 6.08 Å². The number of nitrogens with zero attached hydrogens (tertiary/aromatic N) is 2. The lowest BCUT2D eigenvalue weighted by molar-refractivity contribution is -0.122. The van der Waals surface area contributed by atoms with Crippen molar-refractivity contribution in [1.29, 1.82) is 0 Å². The van der Waals surface area contributed by atoms with E-state index in [-0.39, 0.29) is 12.0 Å². The minimum atomic E-state index is -0.0373. The van der Waals surface area contributed by atoms with Gasteiger partial charge in [0, 0.05) is 26.2 Å². The lowest BCUT2D eigenvalue weighted by Crippen LogP contribution is -2.42. The number of benzene rings is 1. The van der Waals surface area contributed by atoms with Crippen LogP contribution in [0.4, 0.5) is 0 Å². The highest BCUT2D eigenvalue weighted by Crippen LogP contribution is 2.35. The average Bonchev–Trinajstić information content (AvgIpc) is 2.94. The van der Waals surface area contributed by atoms with Crippen LogP contribution in [-0.2, 0) is 9.53 Å². The summed E-state index contributed by atoms with van der Waals surface area (Å²) in [5.41, 5.74) is 0.877. The largest absolute Gasteiger partial charge is 0.493 e. The third-order valence-corrected chi connectivity index (χ3v) is 5.84. The smallest absolute Gasteiger partial charge is 0.266 e. The van der Waals surface area contributed by atoms with Gasteiger partial charge in [-0.2, -0.15) is 0 Å². The Morgan fingerprint density at radius 3 is 2.68 bits per heavy atom. The summed E-state index contributed by atoms with van der Waals surface area (Å²) in [7, 11) is 1.61. The van der Waals surface area contributed by atoms with Crippen molar-refractivity contribution >= 4 is 40.3 Å². The first-order valence-electron chi connectivity index (χ1n) is 9.38. The van der Waals surface area contributed by atoms with Gasteiger partial charge in [-0.3, -0.25) is 14.6 Å². The number of amides is 1. The quantitative estimate of drug-likeness (QED) is 0.494. The number of carbonyl (C=O) groups is 1. The monoisotopic (exact) mass is 422 g/mol. The Balaban J connectivity index is 1.68. The number of rotatable bonds is 7. The highest BCUT2D eigenvalue weighted by molar-refractivity contribution is 8.26. The molecule has 2 heterocycles. The fourth-order valence-corrected chi connectivity index (χ4v) is 4.34. The molecule has 0 radical (unpaired) electrons. The molecule has 3 rings (SSSR count). The minimum absolute atomic E-state index is 0.0373. The van der Waals surface area contributed by atoms with Crippen molar-refractivity contribution in [3.8, 4) is 11.5 Å². The third kappa shape index (κ3) is 5.26. The van der Waals surface area contributed by atoms with Crippen LogP contribution in [0, 0.1) is 0 Å². The van der Waals surface area contributed by atoms with E-state index < -0.39 is 0 Å². The van der Waals surface area contributed by atoms with Crippen LogP contribution >= 0.6 is 24.0 Å². The molecule has 152 valence electrons. The van der Waals surface area contributed by atoms with Crippen LogP contribution in [0.1, 0.15) is 19.4 Å². The van der Waals surface area contributed by atoms with Gasteiger partial charge in [0.2, 0.25) is 0 Å². The van der Waals surface area contributed by atoms with E-state index in [1.165, 1.54) is 11.8 Å². The van der Waals surface area contributed by atoms with Crippen molar-refractivity contribution in [2.45, 2.75) is 20.0 Å². The Morgan fingerprint density at radius 1 is 1.25 bits per heavy atom.